The van der Waals surface area contributed by atoms with Gasteiger partial charge >= 0.3 is 0 Å². The molecule has 11 heavy (non-hydrogen) atoms. The Morgan fingerprint density at radius 2 is 2.27 bits per heavy atom. The highest BCUT2D eigenvalue weighted by molar-refractivity contribution is 5.73. The molecule has 1 aliphatic rings. The fraction of sp³-hybridized carbons (Fsp3) is 0.875. The van der Waals surface area contributed by atoms with Gasteiger partial charge in [-0.05, 0) is 31.6 Å². The van der Waals surface area contributed by atoms with Crippen molar-refractivity contribution in [1.29, 1.82) is 0 Å². The monoisotopic (exact) mass is 157 g/mol. The maximum Gasteiger partial charge on any atom is 0.217 e. The van der Waals surface area contributed by atoms with Crippen LogP contribution in [0.3, 0.4) is 0 Å². The van der Waals surface area contributed by atoms with E-state index in [-0.39, 0.29) is 12.0 Å². The molecule has 64 valence electrons. The van der Waals surface area contributed by atoms with Gasteiger partial charge in [0.1, 0.15) is 0 Å². The molecule has 1 amide bonds. The Morgan fingerprint density at radius 3 is 2.73 bits per heavy atom. The van der Waals surface area contributed by atoms with E-state index in [1.807, 2.05) is 0 Å². The molecule has 0 heterocycles. The van der Waals surface area contributed by atoms with Crippen molar-refractivity contribution < 1.29 is 9.90 Å². The molecule has 0 radical (unpaired) electrons. The van der Waals surface area contributed by atoms with Crippen molar-refractivity contribution in [2.45, 2.75) is 38.2 Å². The molecule has 3 heteroatoms. The fourth-order valence-corrected chi connectivity index (χ4v) is 1.66. The maximum atomic E-state index is 10.4. The van der Waals surface area contributed by atoms with Gasteiger partial charge in [-0.1, -0.05) is 0 Å². The third-order valence-electron chi connectivity index (χ3n) is 2.31. The summed E-state index contributed by atoms with van der Waals surface area (Å²) in [4.78, 5) is 10.4. The first-order valence-electron chi connectivity index (χ1n) is 4.15. The Bertz CT molecular complexity index is 147. The summed E-state index contributed by atoms with van der Waals surface area (Å²) in [6.07, 6.45) is 3.99. The van der Waals surface area contributed by atoms with Gasteiger partial charge in [-0.25, -0.2) is 0 Å². The van der Waals surface area contributed by atoms with E-state index >= 15 is 0 Å². The lowest BCUT2D eigenvalue weighted by Crippen LogP contribution is -2.12. The summed E-state index contributed by atoms with van der Waals surface area (Å²) in [6.45, 7) is 0. The molecule has 0 aromatic heterocycles. The van der Waals surface area contributed by atoms with Gasteiger partial charge in [-0.3, -0.25) is 4.79 Å². The molecule has 0 bridgehead atoms. The summed E-state index contributed by atoms with van der Waals surface area (Å²) in [5.41, 5.74) is 5.00. The quantitative estimate of drug-likeness (QED) is 0.623. The summed E-state index contributed by atoms with van der Waals surface area (Å²) in [7, 11) is 0. The van der Waals surface area contributed by atoms with Crippen LogP contribution in [0.15, 0.2) is 0 Å². The molecule has 1 rings (SSSR count). The van der Waals surface area contributed by atoms with Crippen LogP contribution < -0.4 is 5.73 Å². The van der Waals surface area contributed by atoms with E-state index in [1.165, 1.54) is 0 Å². The van der Waals surface area contributed by atoms with Crippen LogP contribution in [-0.4, -0.2) is 17.1 Å². The van der Waals surface area contributed by atoms with E-state index < -0.39 is 0 Å². The van der Waals surface area contributed by atoms with Crippen LogP contribution in [0, 0.1) is 5.92 Å². The van der Waals surface area contributed by atoms with Crippen LogP contribution in [-0.2, 0) is 4.79 Å². The van der Waals surface area contributed by atoms with Gasteiger partial charge in [0.05, 0.1) is 6.10 Å². The van der Waals surface area contributed by atoms with E-state index in [2.05, 4.69) is 0 Å². The van der Waals surface area contributed by atoms with Crippen LogP contribution in [0.1, 0.15) is 32.1 Å². The number of hydrogen-bond donors (Lipinski definition) is 2. The first kappa shape index (κ1) is 8.53. The molecular weight excluding hydrogens is 142 g/mol. The number of amides is 1. The molecule has 1 aliphatic carbocycles. The smallest absolute Gasteiger partial charge is 0.217 e. The molecular formula is C8H15NO2. The zero-order chi connectivity index (χ0) is 8.27. The lowest BCUT2D eigenvalue weighted by Gasteiger charge is -2.05. The number of carbonyl (C=O) groups excluding carboxylic acids is 1. The lowest BCUT2D eigenvalue weighted by molar-refractivity contribution is -0.118. The topological polar surface area (TPSA) is 63.3 Å². The zero-order valence-corrected chi connectivity index (χ0v) is 6.62. The van der Waals surface area contributed by atoms with Crippen LogP contribution >= 0.6 is 0 Å². The number of aliphatic hydroxyl groups excluding tert-OH is 1. The van der Waals surface area contributed by atoms with Crippen LogP contribution in [0.2, 0.25) is 0 Å². The summed E-state index contributed by atoms with van der Waals surface area (Å²) in [6, 6.07) is 0. The minimum absolute atomic E-state index is 0.132. The third kappa shape index (κ3) is 2.89. The molecule has 1 fully saturated rings. The van der Waals surface area contributed by atoms with Crippen molar-refractivity contribution in [1.82, 2.24) is 0 Å². The molecule has 0 spiro atoms. The van der Waals surface area contributed by atoms with Gasteiger partial charge in [-0.2, -0.15) is 0 Å². The van der Waals surface area contributed by atoms with Gasteiger partial charge in [0.2, 0.25) is 5.91 Å². The fourth-order valence-electron chi connectivity index (χ4n) is 1.66. The summed E-state index contributed by atoms with van der Waals surface area (Å²) < 4.78 is 0. The average Bonchev–Trinajstić information content (AvgIpc) is 2.31. The normalized spacial score (nSPS) is 30.6. The molecule has 0 aromatic carbocycles. The van der Waals surface area contributed by atoms with E-state index in [0.717, 1.165) is 25.7 Å². The average molecular weight is 157 g/mol. The second-order valence-electron chi connectivity index (χ2n) is 3.34. The van der Waals surface area contributed by atoms with Crippen molar-refractivity contribution in [3.8, 4) is 0 Å². The zero-order valence-electron chi connectivity index (χ0n) is 6.62. The van der Waals surface area contributed by atoms with Crippen molar-refractivity contribution in [2.75, 3.05) is 0 Å². The molecule has 2 atom stereocenters. The number of aliphatic hydroxyl groups is 1. The Kier molecular flexibility index (Phi) is 2.88. The van der Waals surface area contributed by atoms with E-state index in [0.29, 0.717) is 12.3 Å². The van der Waals surface area contributed by atoms with Crippen molar-refractivity contribution in [3.05, 3.63) is 0 Å². The number of primary amides is 1. The number of hydrogen-bond acceptors (Lipinski definition) is 2. The van der Waals surface area contributed by atoms with Gasteiger partial charge in [0.25, 0.3) is 0 Å². The number of nitrogens with two attached hydrogens (primary N) is 1. The first-order valence-corrected chi connectivity index (χ1v) is 4.15. The molecule has 2 unspecified atom stereocenters. The highest BCUT2D eigenvalue weighted by Gasteiger charge is 2.22. The second-order valence-corrected chi connectivity index (χ2v) is 3.34. The van der Waals surface area contributed by atoms with E-state index in [1.54, 1.807) is 0 Å². The lowest BCUT2D eigenvalue weighted by atomic mass is 10.0. The molecule has 0 aromatic rings. The highest BCUT2D eigenvalue weighted by Crippen LogP contribution is 2.28. The summed E-state index contributed by atoms with van der Waals surface area (Å²) in [5.74, 6) is 0.295. The summed E-state index contributed by atoms with van der Waals surface area (Å²) >= 11 is 0. The molecule has 1 saturated carbocycles. The number of carbonyl (C=O) groups is 1. The molecule has 3 N–H and O–H groups in total. The van der Waals surface area contributed by atoms with Gasteiger partial charge in [-0.15, -0.1) is 0 Å². The van der Waals surface area contributed by atoms with Crippen LogP contribution in [0.5, 0.6) is 0 Å². The maximum absolute atomic E-state index is 10.4. The third-order valence-corrected chi connectivity index (χ3v) is 2.31. The molecule has 0 aliphatic heterocycles. The predicted molar refractivity (Wildman–Crippen MR) is 41.8 cm³/mol. The second kappa shape index (κ2) is 3.72. The largest absolute Gasteiger partial charge is 0.393 e. The standard InChI is InChI=1S/C8H15NO2/c9-8(11)4-2-6-1-3-7(10)5-6/h6-7,10H,1-5H2,(H2,9,11). The first-order chi connectivity index (χ1) is 5.18. The van der Waals surface area contributed by atoms with Crippen molar-refractivity contribution in [2.24, 2.45) is 11.7 Å². The summed E-state index contributed by atoms with van der Waals surface area (Å²) in [5, 5.41) is 9.15. The predicted octanol–water partition coefficient (Wildman–Crippen LogP) is 0.413. The van der Waals surface area contributed by atoms with E-state index in [9.17, 15) is 4.79 Å². The Labute approximate surface area is 66.6 Å². The van der Waals surface area contributed by atoms with Crippen LogP contribution in [0.25, 0.3) is 0 Å². The van der Waals surface area contributed by atoms with Crippen molar-refractivity contribution in [3.63, 3.8) is 0 Å². The van der Waals surface area contributed by atoms with Crippen molar-refractivity contribution >= 4 is 5.91 Å². The van der Waals surface area contributed by atoms with Crippen LogP contribution in [0.4, 0.5) is 0 Å². The van der Waals surface area contributed by atoms with Gasteiger partial charge in [0, 0.05) is 6.42 Å². The Hall–Kier alpha value is -0.570. The Morgan fingerprint density at radius 1 is 1.55 bits per heavy atom. The minimum Gasteiger partial charge on any atom is -0.393 e. The molecule has 3 nitrogen and oxygen atoms in total. The minimum atomic E-state index is -0.230. The highest BCUT2D eigenvalue weighted by atomic mass is 16.3. The number of rotatable bonds is 3. The van der Waals surface area contributed by atoms with Gasteiger partial charge < -0.3 is 10.8 Å². The van der Waals surface area contributed by atoms with E-state index in [4.69, 9.17) is 10.8 Å². The Balaban J connectivity index is 2.13. The molecule has 0 saturated heterocycles. The van der Waals surface area contributed by atoms with Gasteiger partial charge in [0.15, 0.2) is 0 Å². The SMILES string of the molecule is NC(=O)CCC1CCC(O)C1.